The van der Waals surface area contributed by atoms with Crippen molar-refractivity contribution in [3.63, 3.8) is 0 Å². The standard InChI is InChI=1S/C16H24O2/c1-3-5-6-7-8-12-16(17)14-10-9-11-15(13-14)18-4-2/h3,9-11,13,16-17H,1,4-8,12H2,2H3. The molecule has 1 rings (SSSR count). The molecule has 0 spiro atoms. The molecule has 0 aliphatic rings. The molecule has 1 atom stereocenters. The molecule has 100 valence electrons. The Balaban J connectivity index is 2.38. The van der Waals surface area contributed by atoms with Gasteiger partial charge in [0.15, 0.2) is 0 Å². The Hall–Kier alpha value is -1.28. The van der Waals surface area contributed by atoms with E-state index in [-0.39, 0.29) is 6.10 Å². The van der Waals surface area contributed by atoms with Crippen LogP contribution in [-0.2, 0) is 0 Å². The summed E-state index contributed by atoms with van der Waals surface area (Å²) in [5, 5.41) is 10.1. The fourth-order valence-corrected chi connectivity index (χ4v) is 1.95. The summed E-state index contributed by atoms with van der Waals surface area (Å²) in [7, 11) is 0. The summed E-state index contributed by atoms with van der Waals surface area (Å²) in [4.78, 5) is 0. The summed E-state index contributed by atoms with van der Waals surface area (Å²) < 4.78 is 5.43. The maximum atomic E-state index is 10.1. The fourth-order valence-electron chi connectivity index (χ4n) is 1.95. The van der Waals surface area contributed by atoms with E-state index >= 15 is 0 Å². The number of unbranched alkanes of at least 4 members (excludes halogenated alkanes) is 3. The molecule has 2 nitrogen and oxygen atoms in total. The van der Waals surface area contributed by atoms with Crippen molar-refractivity contribution in [2.75, 3.05) is 6.61 Å². The Labute approximate surface area is 110 Å². The maximum Gasteiger partial charge on any atom is 0.119 e. The Kier molecular flexibility index (Phi) is 7.19. The van der Waals surface area contributed by atoms with Gasteiger partial charge in [0.2, 0.25) is 0 Å². The summed E-state index contributed by atoms with van der Waals surface area (Å²) in [6.07, 6.45) is 6.80. The van der Waals surface area contributed by atoms with Crippen LogP contribution in [0.25, 0.3) is 0 Å². The highest BCUT2D eigenvalue weighted by atomic mass is 16.5. The van der Waals surface area contributed by atoms with Crippen LogP contribution >= 0.6 is 0 Å². The van der Waals surface area contributed by atoms with Crippen LogP contribution in [-0.4, -0.2) is 11.7 Å². The summed E-state index contributed by atoms with van der Waals surface area (Å²) in [5.74, 6) is 0.834. The van der Waals surface area contributed by atoms with Gasteiger partial charge in [0.25, 0.3) is 0 Å². The lowest BCUT2D eigenvalue weighted by Crippen LogP contribution is -1.99. The van der Waals surface area contributed by atoms with E-state index in [1.165, 1.54) is 0 Å². The SMILES string of the molecule is C=CCCCCCC(O)c1cccc(OCC)c1. The van der Waals surface area contributed by atoms with E-state index in [9.17, 15) is 5.11 Å². The quantitative estimate of drug-likeness (QED) is 0.523. The summed E-state index contributed by atoms with van der Waals surface area (Å²) in [6.45, 7) is 6.32. The topological polar surface area (TPSA) is 29.5 Å². The van der Waals surface area contributed by atoms with Crippen LogP contribution in [0.1, 0.15) is 50.7 Å². The third-order valence-electron chi connectivity index (χ3n) is 2.94. The van der Waals surface area contributed by atoms with Gasteiger partial charge in [0.05, 0.1) is 12.7 Å². The van der Waals surface area contributed by atoms with Crippen molar-refractivity contribution < 1.29 is 9.84 Å². The number of hydrogen-bond acceptors (Lipinski definition) is 2. The molecule has 1 aromatic rings. The van der Waals surface area contributed by atoms with Gasteiger partial charge in [-0.25, -0.2) is 0 Å². The van der Waals surface area contributed by atoms with Gasteiger partial charge < -0.3 is 9.84 Å². The second kappa shape index (κ2) is 8.76. The van der Waals surface area contributed by atoms with Gasteiger partial charge in [-0.05, 0) is 43.9 Å². The molecular formula is C16H24O2. The van der Waals surface area contributed by atoms with Crippen molar-refractivity contribution in [1.82, 2.24) is 0 Å². The molecular weight excluding hydrogens is 224 g/mol. The minimum Gasteiger partial charge on any atom is -0.494 e. The van der Waals surface area contributed by atoms with E-state index in [4.69, 9.17) is 4.74 Å². The number of rotatable bonds is 9. The summed E-state index contributed by atoms with van der Waals surface area (Å²) in [5.41, 5.74) is 0.949. The zero-order valence-electron chi connectivity index (χ0n) is 11.3. The van der Waals surface area contributed by atoms with Gasteiger partial charge in [-0.3, -0.25) is 0 Å². The fraction of sp³-hybridized carbons (Fsp3) is 0.500. The molecule has 2 heteroatoms. The first-order valence-electron chi connectivity index (χ1n) is 6.79. The zero-order chi connectivity index (χ0) is 13.2. The van der Waals surface area contributed by atoms with E-state index in [0.29, 0.717) is 6.61 Å². The van der Waals surface area contributed by atoms with Gasteiger partial charge >= 0.3 is 0 Å². The molecule has 18 heavy (non-hydrogen) atoms. The molecule has 0 fully saturated rings. The lowest BCUT2D eigenvalue weighted by Gasteiger charge is -2.12. The third-order valence-corrected chi connectivity index (χ3v) is 2.94. The first-order chi connectivity index (χ1) is 8.77. The normalized spacial score (nSPS) is 12.1. The molecule has 1 N–H and O–H groups in total. The molecule has 0 saturated heterocycles. The van der Waals surface area contributed by atoms with Crippen LogP contribution < -0.4 is 4.74 Å². The second-order valence-electron chi connectivity index (χ2n) is 4.45. The van der Waals surface area contributed by atoms with Crippen molar-refractivity contribution in [3.8, 4) is 5.75 Å². The second-order valence-corrected chi connectivity index (χ2v) is 4.45. The maximum absolute atomic E-state index is 10.1. The van der Waals surface area contributed by atoms with Crippen LogP contribution in [0.5, 0.6) is 5.75 Å². The lowest BCUT2D eigenvalue weighted by atomic mass is 10.0. The largest absolute Gasteiger partial charge is 0.494 e. The Morgan fingerprint density at radius 2 is 2.17 bits per heavy atom. The molecule has 0 aliphatic heterocycles. The predicted octanol–water partition coefficient (Wildman–Crippen LogP) is 4.26. The van der Waals surface area contributed by atoms with E-state index in [1.54, 1.807) is 0 Å². The highest BCUT2D eigenvalue weighted by Gasteiger charge is 2.07. The summed E-state index contributed by atoms with van der Waals surface area (Å²) >= 11 is 0. The van der Waals surface area contributed by atoms with E-state index < -0.39 is 0 Å². The minimum atomic E-state index is -0.380. The number of aliphatic hydroxyl groups excluding tert-OH is 1. The van der Waals surface area contributed by atoms with E-state index in [0.717, 1.165) is 43.4 Å². The van der Waals surface area contributed by atoms with Gasteiger partial charge in [-0.1, -0.05) is 31.1 Å². The molecule has 0 aromatic heterocycles. The van der Waals surface area contributed by atoms with E-state index in [1.807, 2.05) is 37.3 Å². The minimum absolute atomic E-state index is 0.380. The Morgan fingerprint density at radius 3 is 2.89 bits per heavy atom. The van der Waals surface area contributed by atoms with Gasteiger partial charge in [0.1, 0.15) is 5.75 Å². The first kappa shape index (κ1) is 14.8. The average molecular weight is 248 g/mol. The van der Waals surface area contributed by atoms with Crippen molar-refractivity contribution >= 4 is 0 Å². The van der Waals surface area contributed by atoms with Crippen molar-refractivity contribution in [1.29, 1.82) is 0 Å². The molecule has 0 heterocycles. The number of allylic oxidation sites excluding steroid dienone is 1. The number of benzene rings is 1. The van der Waals surface area contributed by atoms with Crippen LogP contribution in [0.4, 0.5) is 0 Å². The van der Waals surface area contributed by atoms with Crippen LogP contribution in [0, 0.1) is 0 Å². The predicted molar refractivity (Wildman–Crippen MR) is 75.9 cm³/mol. The number of hydrogen-bond donors (Lipinski definition) is 1. The van der Waals surface area contributed by atoms with Gasteiger partial charge in [-0.2, -0.15) is 0 Å². The molecule has 0 amide bonds. The average Bonchev–Trinajstić information content (AvgIpc) is 2.39. The first-order valence-corrected chi connectivity index (χ1v) is 6.79. The smallest absolute Gasteiger partial charge is 0.119 e. The van der Waals surface area contributed by atoms with Crippen molar-refractivity contribution in [2.24, 2.45) is 0 Å². The van der Waals surface area contributed by atoms with Crippen LogP contribution in [0.3, 0.4) is 0 Å². The Morgan fingerprint density at radius 1 is 1.33 bits per heavy atom. The highest BCUT2D eigenvalue weighted by Crippen LogP contribution is 2.23. The molecule has 1 aromatic carbocycles. The van der Waals surface area contributed by atoms with Crippen LogP contribution in [0.2, 0.25) is 0 Å². The van der Waals surface area contributed by atoms with E-state index in [2.05, 4.69) is 6.58 Å². The molecule has 1 unspecified atom stereocenters. The number of aliphatic hydroxyl groups is 1. The monoisotopic (exact) mass is 248 g/mol. The van der Waals surface area contributed by atoms with Crippen molar-refractivity contribution in [3.05, 3.63) is 42.5 Å². The lowest BCUT2D eigenvalue weighted by molar-refractivity contribution is 0.163. The molecule has 0 bridgehead atoms. The van der Waals surface area contributed by atoms with Crippen molar-refractivity contribution in [2.45, 2.75) is 45.1 Å². The molecule has 0 saturated carbocycles. The number of ether oxygens (including phenoxy) is 1. The summed E-state index contributed by atoms with van der Waals surface area (Å²) in [6, 6.07) is 7.74. The molecule has 0 radical (unpaired) electrons. The molecule has 0 aliphatic carbocycles. The van der Waals surface area contributed by atoms with Gasteiger partial charge in [-0.15, -0.1) is 6.58 Å². The third kappa shape index (κ3) is 5.37. The highest BCUT2D eigenvalue weighted by molar-refractivity contribution is 5.29. The Bertz CT molecular complexity index is 347. The van der Waals surface area contributed by atoms with Crippen LogP contribution in [0.15, 0.2) is 36.9 Å². The van der Waals surface area contributed by atoms with Gasteiger partial charge in [0, 0.05) is 0 Å². The zero-order valence-corrected chi connectivity index (χ0v) is 11.3.